The Morgan fingerprint density at radius 2 is 1.78 bits per heavy atom. The van der Waals surface area contributed by atoms with Gasteiger partial charge in [-0.05, 0) is 67.8 Å². The molecule has 0 aliphatic carbocycles. The van der Waals surface area contributed by atoms with Crippen LogP contribution in [-0.2, 0) is 4.79 Å². The average molecular weight is 366 g/mol. The molecule has 1 saturated heterocycles. The van der Waals surface area contributed by atoms with Crippen molar-refractivity contribution in [3.05, 3.63) is 53.6 Å². The highest BCUT2D eigenvalue weighted by Gasteiger charge is 2.14. The maximum atomic E-state index is 12.2. The number of aryl methyl sites for hydroxylation is 1. The van der Waals surface area contributed by atoms with Gasteiger partial charge in [0.2, 0.25) is 0 Å². The monoisotopic (exact) mass is 366 g/mol. The van der Waals surface area contributed by atoms with Gasteiger partial charge in [-0.25, -0.2) is 0 Å². The average Bonchev–Trinajstić information content (AvgIpc) is 3.20. The van der Waals surface area contributed by atoms with Gasteiger partial charge in [-0.15, -0.1) is 0 Å². The topological polar surface area (TPSA) is 58.6 Å². The lowest BCUT2D eigenvalue weighted by Crippen LogP contribution is -2.21. The van der Waals surface area contributed by atoms with Crippen molar-refractivity contribution < 1.29 is 14.3 Å². The molecule has 0 unspecified atom stereocenters. The van der Waals surface area contributed by atoms with E-state index in [1.807, 2.05) is 19.1 Å². The Morgan fingerprint density at radius 3 is 2.41 bits per heavy atom. The van der Waals surface area contributed by atoms with E-state index in [0.29, 0.717) is 17.7 Å². The van der Waals surface area contributed by atoms with Crippen molar-refractivity contribution >= 4 is 23.1 Å². The maximum absolute atomic E-state index is 12.2. The van der Waals surface area contributed by atoms with E-state index in [1.54, 1.807) is 24.3 Å². The van der Waals surface area contributed by atoms with E-state index < -0.39 is 0 Å². The third-order valence-electron chi connectivity index (χ3n) is 4.79. The van der Waals surface area contributed by atoms with Crippen LogP contribution in [0.1, 0.15) is 42.1 Å². The van der Waals surface area contributed by atoms with Crippen LogP contribution in [0.5, 0.6) is 5.75 Å². The largest absolute Gasteiger partial charge is 0.484 e. The summed E-state index contributed by atoms with van der Waals surface area (Å²) in [6.07, 6.45) is 2.95. The molecule has 1 heterocycles. The van der Waals surface area contributed by atoms with Crippen LogP contribution in [0, 0.1) is 6.92 Å². The molecule has 1 aliphatic rings. The van der Waals surface area contributed by atoms with E-state index in [9.17, 15) is 9.59 Å². The molecule has 2 aromatic rings. The minimum absolute atomic E-state index is 0.0754. The Hall–Kier alpha value is -2.82. The van der Waals surface area contributed by atoms with Crippen molar-refractivity contribution in [1.82, 2.24) is 0 Å². The number of rotatable bonds is 7. The van der Waals surface area contributed by atoms with E-state index in [-0.39, 0.29) is 18.3 Å². The molecule has 0 saturated carbocycles. The van der Waals surface area contributed by atoms with Crippen LogP contribution >= 0.6 is 0 Å². The summed E-state index contributed by atoms with van der Waals surface area (Å²) in [6, 6.07) is 12.9. The van der Waals surface area contributed by atoms with Gasteiger partial charge in [0.15, 0.2) is 12.4 Å². The number of nitrogens with zero attached hydrogens (tertiary/aromatic N) is 1. The number of carbonyl (C=O) groups is 2. The van der Waals surface area contributed by atoms with Crippen molar-refractivity contribution in [1.29, 1.82) is 0 Å². The van der Waals surface area contributed by atoms with Crippen LogP contribution in [-0.4, -0.2) is 31.4 Å². The molecule has 142 valence electrons. The summed E-state index contributed by atoms with van der Waals surface area (Å²) in [5, 5.41) is 2.87. The zero-order chi connectivity index (χ0) is 19.2. The number of amides is 1. The highest BCUT2D eigenvalue weighted by Crippen LogP contribution is 2.26. The van der Waals surface area contributed by atoms with Gasteiger partial charge in [0.25, 0.3) is 5.91 Å². The number of carbonyl (C=O) groups excluding carboxylic acids is 2. The highest BCUT2D eigenvalue weighted by molar-refractivity contribution is 5.96. The number of nitrogens with one attached hydrogen (secondary N) is 1. The number of hydrogen-bond acceptors (Lipinski definition) is 4. The molecule has 0 bridgehead atoms. The second kappa shape index (κ2) is 8.71. The fraction of sp³-hybridized carbons (Fsp3) is 0.364. The Morgan fingerprint density at radius 1 is 1.07 bits per heavy atom. The van der Waals surface area contributed by atoms with Crippen molar-refractivity contribution in [2.24, 2.45) is 0 Å². The molecule has 1 N–H and O–H groups in total. The summed E-state index contributed by atoms with van der Waals surface area (Å²) in [5.74, 6) is 0.447. The van der Waals surface area contributed by atoms with Crippen LogP contribution in [0.4, 0.5) is 11.4 Å². The number of benzene rings is 2. The van der Waals surface area contributed by atoms with Gasteiger partial charge in [0, 0.05) is 36.4 Å². The maximum Gasteiger partial charge on any atom is 0.262 e. The van der Waals surface area contributed by atoms with Gasteiger partial charge in [0.05, 0.1) is 0 Å². The second-order valence-corrected chi connectivity index (χ2v) is 6.83. The van der Waals surface area contributed by atoms with Gasteiger partial charge in [-0.3, -0.25) is 9.59 Å². The number of ketones is 1. The summed E-state index contributed by atoms with van der Waals surface area (Å²) < 4.78 is 5.51. The minimum Gasteiger partial charge on any atom is -0.484 e. The fourth-order valence-electron chi connectivity index (χ4n) is 3.33. The zero-order valence-electron chi connectivity index (χ0n) is 16.0. The first-order chi connectivity index (χ1) is 13.1. The summed E-state index contributed by atoms with van der Waals surface area (Å²) in [7, 11) is 0. The Labute approximate surface area is 160 Å². The second-order valence-electron chi connectivity index (χ2n) is 6.83. The van der Waals surface area contributed by atoms with E-state index in [0.717, 1.165) is 24.3 Å². The fourth-order valence-corrected chi connectivity index (χ4v) is 3.33. The minimum atomic E-state index is -0.211. The molecule has 5 heteroatoms. The molecule has 1 fully saturated rings. The quantitative estimate of drug-likeness (QED) is 0.746. The van der Waals surface area contributed by atoms with Crippen molar-refractivity contribution in [3.63, 3.8) is 0 Å². The first kappa shape index (κ1) is 19.0. The van der Waals surface area contributed by atoms with E-state index >= 15 is 0 Å². The van der Waals surface area contributed by atoms with Crippen molar-refractivity contribution in [3.8, 4) is 5.75 Å². The molecule has 1 aliphatic heterocycles. The van der Waals surface area contributed by atoms with Gasteiger partial charge in [-0.2, -0.15) is 0 Å². The Bertz CT molecular complexity index is 809. The molecule has 0 radical (unpaired) electrons. The SMILES string of the molecule is CCC(=O)c1ccc(OCC(=O)Nc2ccc(N3CCCC3)c(C)c2)cc1. The summed E-state index contributed by atoms with van der Waals surface area (Å²) >= 11 is 0. The predicted octanol–water partition coefficient (Wildman–Crippen LogP) is 4.21. The van der Waals surface area contributed by atoms with Gasteiger partial charge in [-0.1, -0.05) is 6.92 Å². The van der Waals surface area contributed by atoms with Crippen LogP contribution in [0.3, 0.4) is 0 Å². The number of hydrogen-bond donors (Lipinski definition) is 1. The van der Waals surface area contributed by atoms with Crippen molar-refractivity contribution in [2.45, 2.75) is 33.1 Å². The standard InChI is InChI=1S/C22H26N2O3/c1-3-21(25)17-6-9-19(10-7-17)27-15-22(26)23-18-8-11-20(16(2)14-18)24-12-4-5-13-24/h6-11,14H,3-5,12-13,15H2,1-2H3,(H,23,26). The molecular weight excluding hydrogens is 340 g/mol. The zero-order valence-corrected chi connectivity index (χ0v) is 16.0. The first-order valence-corrected chi connectivity index (χ1v) is 9.48. The molecule has 5 nitrogen and oxygen atoms in total. The summed E-state index contributed by atoms with van der Waals surface area (Å²) in [4.78, 5) is 26.2. The first-order valence-electron chi connectivity index (χ1n) is 9.48. The van der Waals surface area contributed by atoms with E-state index in [2.05, 4.69) is 23.2 Å². The molecule has 1 amide bonds. The van der Waals surface area contributed by atoms with Gasteiger partial charge >= 0.3 is 0 Å². The van der Waals surface area contributed by atoms with E-state index in [4.69, 9.17) is 4.74 Å². The van der Waals surface area contributed by atoms with Crippen LogP contribution in [0.15, 0.2) is 42.5 Å². The van der Waals surface area contributed by atoms with Crippen molar-refractivity contribution in [2.75, 3.05) is 29.9 Å². The van der Waals surface area contributed by atoms with Crippen LogP contribution < -0.4 is 15.0 Å². The summed E-state index contributed by atoms with van der Waals surface area (Å²) in [6.45, 7) is 6.02. The van der Waals surface area contributed by atoms with Crippen LogP contribution in [0.2, 0.25) is 0 Å². The Balaban J connectivity index is 1.53. The van der Waals surface area contributed by atoms with Gasteiger partial charge in [0.1, 0.15) is 5.75 Å². The van der Waals surface area contributed by atoms with Crippen LogP contribution in [0.25, 0.3) is 0 Å². The third kappa shape index (κ3) is 4.88. The van der Waals surface area contributed by atoms with E-state index in [1.165, 1.54) is 18.5 Å². The third-order valence-corrected chi connectivity index (χ3v) is 4.79. The molecule has 2 aromatic carbocycles. The molecular formula is C22H26N2O3. The molecule has 0 aromatic heterocycles. The lowest BCUT2D eigenvalue weighted by molar-refractivity contribution is -0.118. The van der Waals surface area contributed by atoms with Gasteiger partial charge < -0.3 is 15.0 Å². The number of anilines is 2. The Kier molecular flexibility index (Phi) is 6.12. The number of Topliss-reactive ketones (excluding diaryl/α,β-unsaturated/α-hetero) is 1. The molecule has 3 rings (SSSR count). The normalized spacial score (nSPS) is 13.5. The smallest absolute Gasteiger partial charge is 0.262 e. The summed E-state index contributed by atoms with van der Waals surface area (Å²) in [5.41, 5.74) is 3.83. The lowest BCUT2D eigenvalue weighted by Gasteiger charge is -2.20. The molecule has 0 spiro atoms. The lowest BCUT2D eigenvalue weighted by atomic mass is 10.1. The predicted molar refractivity (Wildman–Crippen MR) is 108 cm³/mol. The molecule has 27 heavy (non-hydrogen) atoms. The molecule has 0 atom stereocenters. The number of ether oxygens (including phenoxy) is 1. The highest BCUT2D eigenvalue weighted by atomic mass is 16.5.